The van der Waals surface area contributed by atoms with Gasteiger partial charge in [0.25, 0.3) is 0 Å². The maximum atomic E-state index is 6.15. The number of para-hydroxylation sites is 1. The Balaban J connectivity index is 0.916. The van der Waals surface area contributed by atoms with Crippen LogP contribution in [0.1, 0.15) is 47.2 Å². The van der Waals surface area contributed by atoms with Crippen molar-refractivity contribution in [3.05, 3.63) is 270 Å². The van der Waals surface area contributed by atoms with Gasteiger partial charge in [-0.05, 0) is 139 Å². The van der Waals surface area contributed by atoms with E-state index < -0.39 is 5.41 Å². The molecule has 2 aliphatic carbocycles. The minimum atomic E-state index is -0.433. The van der Waals surface area contributed by atoms with Gasteiger partial charge in [0.05, 0.1) is 5.41 Å². The number of furan rings is 1. The van der Waals surface area contributed by atoms with Gasteiger partial charge in [-0.25, -0.2) is 0 Å². The first-order valence-electron chi connectivity index (χ1n) is 23.0. The van der Waals surface area contributed by atoms with E-state index in [0.717, 1.165) is 50.1 Å². The standard InChI is InChI=1S/C64H45NO/c1-63(2)57-21-11-12-22-59(57)64(55-19-9-6-16-51(55)52-17-7-10-20-56(52)64)60-41-47(30-38-58(60)63)45-28-36-50(37-29-45)65(48-32-24-43(25-33-48)42-14-4-3-5-15-42)49-34-26-44(27-35-49)46-31-39-62-54(40-46)53-18-8-13-23-61(53)66-62/h3-41H,1-2H3. The van der Waals surface area contributed by atoms with E-state index in [4.69, 9.17) is 4.42 Å². The van der Waals surface area contributed by atoms with Gasteiger partial charge < -0.3 is 9.32 Å². The molecule has 2 nitrogen and oxygen atoms in total. The van der Waals surface area contributed by atoms with Gasteiger partial charge >= 0.3 is 0 Å². The molecule has 312 valence electrons. The molecule has 0 saturated carbocycles. The molecule has 1 aromatic heterocycles. The second-order valence-electron chi connectivity index (χ2n) is 18.4. The highest BCUT2D eigenvalue weighted by Crippen LogP contribution is 2.62. The number of rotatable bonds is 6. The number of fused-ring (bicyclic) bond motifs is 12. The largest absolute Gasteiger partial charge is 0.456 e. The van der Waals surface area contributed by atoms with Crippen LogP contribution in [0.15, 0.2) is 241 Å². The number of nitrogens with zero attached hydrogens (tertiary/aromatic N) is 1. The minimum absolute atomic E-state index is 0.182. The monoisotopic (exact) mass is 843 g/mol. The molecular weight excluding hydrogens is 799 g/mol. The van der Waals surface area contributed by atoms with Crippen molar-refractivity contribution >= 4 is 39.0 Å². The summed E-state index contributed by atoms with van der Waals surface area (Å²) in [4.78, 5) is 2.36. The van der Waals surface area contributed by atoms with Crippen LogP contribution in [-0.2, 0) is 10.8 Å². The van der Waals surface area contributed by atoms with E-state index in [1.165, 1.54) is 66.8 Å². The van der Waals surface area contributed by atoms with Crippen LogP contribution in [0.5, 0.6) is 0 Å². The molecule has 66 heavy (non-hydrogen) atoms. The fourth-order valence-corrected chi connectivity index (χ4v) is 11.4. The van der Waals surface area contributed by atoms with E-state index in [9.17, 15) is 0 Å². The topological polar surface area (TPSA) is 16.4 Å². The molecule has 1 heterocycles. The maximum absolute atomic E-state index is 6.15. The first-order valence-corrected chi connectivity index (χ1v) is 23.0. The van der Waals surface area contributed by atoms with Gasteiger partial charge in [0.1, 0.15) is 11.2 Å². The Hall–Kier alpha value is -8.20. The van der Waals surface area contributed by atoms with E-state index in [2.05, 4.69) is 243 Å². The van der Waals surface area contributed by atoms with Gasteiger partial charge in [-0.15, -0.1) is 0 Å². The first-order chi connectivity index (χ1) is 32.5. The van der Waals surface area contributed by atoms with Crippen LogP contribution in [0.3, 0.4) is 0 Å². The lowest BCUT2D eigenvalue weighted by Crippen LogP contribution is -2.40. The highest BCUT2D eigenvalue weighted by Gasteiger charge is 2.53. The van der Waals surface area contributed by atoms with E-state index in [-0.39, 0.29) is 5.41 Å². The summed E-state index contributed by atoms with van der Waals surface area (Å²) in [5.74, 6) is 0. The zero-order valence-electron chi connectivity index (χ0n) is 36.9. The molecule has 0 saturated heterocycles. The van der Waals surface area contributed by atoms with Crippen LogP contribution in [0.4, 0.5) is 17.1 Å². The molecule has 0 unspecified atom stereocenters. The van der Waals surface area contributed by atoms with Crippen molar-refractivity contribution in [2.24, 2.45) is 0 Å². The summed E-state index contributed by atoms with van der Waals surface area (Å²) < 4.78 is 6.15. The predicted octanol–water partition coefficient (Wildman–Crippen LogP) is 17.1. The van der Waals surface area contributed by atoms with Crippen LogP contribution in [0.2, 0.25) is 0 Å². The fourth-order valence-electron chi connectivity index (χ4n) is 11.4. The fraction of sp³-hybridized carbons (Fsp3) is 0.0625. The Morgan fingerprint density at radius 3 is 1.35 bits per heavy atom. The minimum Gasteiger partial charge on any atom is -0.456 e. The third-order valence-electron chi connectivity index (χ3n) is 14.6. The average molecular weight is 844 g/mol. The summed E-state index contributed by atoms with van der Waals surface area (Å²) >= 11 is 0. The molecule has 0 radical (unpaired) electrons. The highest BCUT2D eigenvalue weighted by molar-refractivity contribution is 6.06. The Morgan fingerprint density at radius 1 is 0.303 bits per heavy atom. The number of hydrogen-bond donors (Lipinski definition) is 0. The first kappa shape index (κ1) is 38.3. The van der Waals surface area contributed by atoms with Gasteiger partial charge in [0, 0.05) is 33.2 Å². The van der Waals surface area contributed by atoms with Gasteiger partial charge in [-0.2, -0.15) is 0 Å². The summed E-state index contributed by atoms with van der Waals surface area (Å²) in [5.41, 5.74) is 22.4. The molecule has 10 aromatic carbocycles. The van der Waals surface area contributed by atoms with Crippen molar-refractivity contribution in [2.45, 2.75) is 24.7 Å². The molecule has 0 bridgehead atoms. The Kier molecular flexibility index (Phi) is 8.51. The van der Waals surface area contributed by atoms with Crippen molar-refractivity contribution in [3.8, 4) is 44.5 Å². The number of anilines is 3. The van der Waals surface area contributed by atoms with Gasteiger partial charge in [-0.3, -0.25) is 0 Å². The predicted molar refractivity (Wildman–Crippen MR) is 274 cm³/mol. The van der Waals surface area contributed by atoms with Crippen molar-refractivity contribution < 1.29 is 4.42 Å². The molecule has 13 rings (SSSR count). The van der Waals surface area contributed by atoms with Crippen molar-refractivity contribution in [1.29, 1.82) is 0 Å². The summed E-state index contributed by atoms with van der Waals surface area (Å²) in [6.07, 6.45) is 0. The molecule has 2 aliphatic rings. The van der Waals surface area contributed by atoms with Gasteiger partial charge in [0.15, 0.2) is 0 Å². The average Bonchev–Trinajstić information content (AvgIpc) is 3.90. The molecule has 0 aliphatic heterocycles. The lowest BCUT2D eigenvalue weighted by Gasteiger charge is -2.46. The van der Waals surface area contributed by atoms with Crippen LogP contribution >= 0.6 is 0 Å². The number of hydrogen-bond acceptors (Lipinski definition) is 2. The second-order valence-corrected chi connectivity index (χ2v) is 18.4. The van der Waals surface area contributed by atoms with Gasteiger partial charge in [0.2, 0.25) is 0 Å². The van der Waals surface area contributed by atoms with E-state index in [1.807, 2.05) is 12.1 Å². The molecule has 0 amide bonds. The van der Waals surface area contributed by atoms with E-state index in [1.54, 1.807) is 0 Å². The third-order valence-corrected chi connectivity index (χ3v) is 14.6. The second kappa shape index (κ2) is 14.7. The summed E-state index contributed by atoms with van der Waals surface area (Å²) in [6.45, 7) is 4.79. The van der Waals surface area contributed by atoms with E-state index >= 15 is 0 Å². The smallest absolute Gasteiger partial charge is 0.135 e. The Morgan fingerprint density at radius 2 is 0.727 bits per heavy atom. The molecule has 0 fully saturated rings. The SMILES string of the molecule is CC1(C)c2ccccc2C2(c3ccccc3-c3ccccc32)c2cc(-c3ccc(N(c4ccc(-c5ccccc5)cc4)c4ccc(-c5ccc6oc7ccccc7c6c5)cc4)cc3)ccc21. The van der Waals surface area contributed by atoms with Crippen LogP contribution < -0.4 is 4.90 Å². The Labute approximate surface area is 385 Å². The van der Waals surface area contributed by atoms with Crippen molar-refractivity contribution in [1.82, 2.24) is 0 Å². The highest BCUT2D eigenvalue weighted by atomic mass is 16.3. The summed E-state index contributed by atoms with van der Waals surface area (Å²) in [5, 5.41) is 2.27. The lowest BCUT2D eigenvalue weighted by molar-refractivity contribution is 0.563. The lowest BCUT2D eigenvalue weighted by atomic mass is 9.55. The van der Waals surface area contributed by atoms with Crippen LogP contribution in [-0.4, -0.2) is 0 Å². The molecule has 0 N–H and O–H groups in total. The van der Waals surface area contributed by atoms with Crippen molar-refractivity contribution in [2.75, 3.05) is 4.90 Å². The maximum Gasteiger partial charge on any atom is 0.135 e. The normalized spacial score (nSPS) is 13.8. The third kappa shape index (κ3) is 5.68. The van der Waals surface area contributed by atoms with Crippen LogP contribution in [0, 0.1) is 0 Å². The molecular formula is C64H45NO. The zero-order chi connectivity index (χ0) is 44.0. The summed E-state index contributed by atoms with van der Waals surface area (Å²) in [7, 11) is 0. The quantitative estimate of drug-likeness (QED) is 0.166. The number of benzene rings is 10. The zero-order valence-corrected chi connectivity index (χ0v) is 36.9. The molecule has 1 spiro atoms. The van der Waals surface area contributed by atoms with Crippen LogP contribution in [0.25, 0.3) is 66.4 Å². The van der Waals surface area contributed by atoms with Crippen molar-refractivity contribution in [3.63, 3.8) is 0 Å². The Bertz CT molecular complexity index is 3610. The molecule has 0 atom stereocenters. The molecule has 2 heteroatoms. The van der Waals surface area contributed by atoms with Gasteiger partial charge in [-0.1, -0.05) is 190 Å². The summed E-state index contributed by atoms with van der Waals surface area (Å²) in [6, 6.07) is 87.0. The molecule has 11 aromatic rings. The van der Waals surface area contributed by atoms with E-state index in [0.29, 0.717) is 0 Å².